The van der Waals surface area contributed by atoms with Crippen LogP contribution in [0.2, 0.25) is 0 Å². The van der Waals surface area contributed by atoms with E-state index >= 15 is 4.39 Å². The highest BCUT2D eigenvalue weighted by Crippen LogP contribution is 2.58. The summed E-state index contributed by atoms with van der Waals surface area (Å²) < 4.78 is 42.4. The molecule has 4 aliphatic rings. The zero-order valence-electron chi connectivity index (χ0n) is 34.6. The Morgan fingerprint density at radius 3 is 2.50 bits per heavy atom. The molecule has 2 aromatic carbocycles. The second kappa shape index (κ2) is 17.3. The molecule has 4 fully saturated rings. The van der Waals surface area contributed by atoms with Gasteiger partial charge in [0.05, 0.1) is 23.4 Å². The first-order valence-electron chi connectivity index (χ1n) is 21.0. The van der Waals surface area contributed by atoms with Crippen LogP contribution in [-0.4, -0.2) is 86.7 Å². The van der Waals surface area contributed by atoms with Gasteiger partial charge in [-0.3, -0.25) is 33.5 Å². The second-order valence-corrected chi connectivity index (χ2v) is 19.5. The van der Waals surface area contributed by atoms with E-state index in [9.17, 15) is 33.3 Å². The van der Waals surface area contributed by atoms with E-state index in [0.29, 0.717) is 72.7 Å². The van der Waals surface area contributed by atoms with Crippen molar-refractivity contribution >= 4 is 70.3 Å². The van der Waals surface area contributed by atoms with Gasteiger partial charge in [-0.1, -0.05) is 44.0 Å². The van der Waals surface area contributed by atoms with Crippen LogP contribution in [0.3, 0.4) is 0 Å². The van der Waals surface area contributed by atoms with Gasteiger partial charge in [0, 0.05) is 16.9 Å². The van der Waals surface area contributed by atoms with Gasteiger partial charge in [-0.2, -0.15) is 0 Å². The summed E-state index contributed by atoms with van der Waals surface area (Å²) in [5.41, 5.74) is -0.343. The van der Waals surface area contributed by atoms with Crippen molar-refractivity contribution in [2.75, 3.05) is 11.5 Å². The fraction of sp³-hybridized carbons (Fsp3) is 0.432. The van der Waals surface area contributed by atoms with Crippen molar-refractivity contribution in [2.24, 2.45) is 0 Å². The minimum Gasteiger partial charge on any atom is -0.465 e. The van der Waals surface area contributed by atoms with Gasteiger partial charge in [-0.15, -0.1) is 11.3 Å². The van der Waals surface area contributed by atoms with Gasteiger partial charge in [-0.25, -0.2) is 24.1 Å². The topological polar surface area (TPSA) is 185 Å². The third-order valence-corrected chi connectivity index (χ3v) is 15.3. The molecular formula is C44H48FN6O9PS. The fourth-order valence-corrected chi connectivity index (χ4v) is 11.5. The van der Waals surface area contributed by atoms with E-state index in [0.717, 1.165) is 27.6 Å². The van der Waals surface area contributed by atoms with Crippen LogP contribution in [0.25, 0.3) is 10.1 Å². The first-order chi connectivity index (χ1) is 29.8. The molecule has 8 rings (SSSR count). The summed E-state index contributed by atoms with van der Waals surface area (Å²) in [7, 11) is -4.49. The largest absolute Gasteiger partial charge is 0.465 e. The smallest absolute Gasteiger partial charge is 0.355 e. The number of carbonyl (C=O) groups is 6. The molecule has 3 aliphatic heterocycles. The number of benzene rings is 2. The number of aromatic nitrogens is 1. The molecule has 2 aromatic heterocycles. The Morgan fingerprint density at radius 2 is 1.77 bits per heavy atom. The Balaban J connectivity index is 1.000. The van der Waals surface area contributed by atoms with Crippen LogP contribution in [0.15, 0.2) is 73.1 Å². The molecule has 6 atom stereocenters. The predicted molar refractivity (Wildman–Crippen MR) is 228 cm³/mol. The number of amides is 6. The maximum Gasteiger partial charge on any atom is 0.355 e. The molecule has 3 saturated heterocycles. The average molecular weight is 887 g/mol. The summed E-state index contributed by atoms with van der Waals surface area (Å²) in [5, 5.41) is 5.94. The molecule has 1 spiro atoms. The number of ether oxygens (including phenoxy) is 1. The Hall–Kier alpha value is -5.51. The summed E-state index contributed by atoms with van der Waals surface area (Å²) in [6, 6.07) is 11.6. The van der Waals surface area contributed by atoms with Gasteiger partial charge in [0.15, 0.2) is 0 Å². The van der Waals surface area contributed by atoms with Gasteiger partial charge in [-0.05, 0) is 112 Å². The number of hydrogen-bond donors (Lipinski definition) is 2. The number of pyridine rings is 1. The first-order valence-corrected chi connectivity index (χ1v) is 23.5. The van der Waals surface area contributed by atoms with Crippen LogP contribution >= 0.6 is 18.9 Å². The fourth-order valence-electron chi connectivity index (χ4n) is 8.67. The van der Waals surface area contributed by atoms with E-state index in [2.05, 4.69) is 15.4 Å². The summed E-state index contributed by atoms with van der Waals surface area (Å²) in [6.07, 6.45) is 7.44. The van der Waals surface area contributed by atoms with Crippen LogP contribution in [0, 0.1) is 6.92 Å². The van der Waals surface area contributed by atoms with E-state index in [1.165, 1.54) is 42.3 Å². The van der Waals surface area contributed by atoms with Gasteiger partial charge in [0.1, 0.15) is 29.4 Å². The van der Waals surface area contributed by atoms with Crippen molar-refractivity contribution in [3.05, 3.63) is 89.1 Å². The maximum absolute atomic E-state index is 16.6. The molecule has 1 aliphatic carbocycles. The van der Waals surface area contributed by atoms with Crippen molar-refractivity contribution in [3.63, 3.8) is 0 Å². The zero-order valence-corrected chi connectivity index (χ0v) is 36.3. The highest BCUT2D eigenvalue weighted by atomic mass is 32.1. The SMILES string of the molecule is CCCOC(=O)[C@H](C)NP(=O)(Oc1ccccc1)[C@@H](F)c1ccc2sc(C(=O)N[C@H]3CCCC[C@H]4CC[C@@H](C(=O)N5C(=O)N(c6cnccc6C)C(=O)C56CC6)N4C3=O)cc2c1. The molecule has 2 N–H and O–H groups in total. The highest BCUT2D eigenvalue weighted by Gasteiger charge is 2.68. The third kappa shape index (κ3) is 8.01. The molecule has 18 heteroatoms. The Bertz CT molecular complexity index is 2480. The number of thiophene rings is 1. The number of hydrogen-bond acceptors (Lipinski definition) is 11. The monoisotopic (exact) mass is 886 g/mol. The molecule has 0 bridgehead atoms. The number of nitrogens with one attached hydrogen (secondary N) is 2. The molecule has 0 radical (unpaired) electrons. The molecule has 1 unspecified atom stereocenters. The lowest BCUT2D eigenvalue weighted by atomic mass is 9.99. The van der Waals surface area contributed by atoms with Crippen LogP contribution < -0.4 is 19.8 Å². The van der Waals surface area contributed by atoms with Crippen molar-refractivity contribution in [1.29, 1.82) is 0 Å². The molecule has 4 aromatic rings. The van der Waals surface area contributed by atoms with Crippen LogP contribution in [0.1, 0.15) is 98.3 Å². The molecule has 1 saturated carbocycles. The number of esters is 1. The normalized spacial score (nSPS) is 22.7. The molecule has 15 nitrogen and oxygen atoms in total. The number of urea groups is 1. The van der Waals surface area contributed by atoms with Gasteiger partial charge in [0.25, 0.3) is 17.7 Å². The van der Waals surface area contributed by atoms with E-state index < -0.39 is 72.7 Å². The molecule has 62 heavy (non-hydrogen) atoms. The first kappa shape index (κ1) is 43.2. The van der Waals surface area contributed by atoms with Crippen LogP contribution in [0.5, 0.6) is 5.75 Å². The summed E-state index contributed by atoms with van der Waals surface area (Å²) in [4.78, 5) is 91.2. The number of para-hydroxylation sites is 1. The minimum absolute atomic E-state index is 0.0148. The van der Waals surface area contributed by atoms with Gasteiger partial charge in [0.2, 0.25) is 11.8 Å². The average Bonchev–Trinajstić information content (AvgIpc) is 3.66. The Kier molecular flexibility index (Phi) is 12.1. The van der Waals surface area contributed by atoms with Crippen molar-refractivity contribution in [3.8, 4) is 5.75 Å². The van der Waals surface area contributed by atoms with E-state index in [1.54, 1.807) is 49.5 Å². The third-order valence-electron chi connectivity index (χ3n) is 12.0. The molecular weight excluding hydrogens is 839 g/mol. The van der Waals surface area contributed by atoms with Crippen molar-refractivity contribution < 1.29 is 47.0 Å². The number of nitrogens with zero attached hydrogens (tertiary/aromatic N) is 4. The highest BCUT2D eigenvalue weighted by molar-refractivity contribution is 7.57. The van der Waals surface area contributed by atoms with Crippen LogP contribution in [0.4, 0.5) is 14.9 Å². The lowest BCUT2D eigenvalue weighted by Gasteiger charge is -2.36. The number of aryl methyl sites for hydroxylation is 1. The quantitative estimate of drug-likeness (QED) is 0.0778. The maximum atomic E-state index is 16.6. The lowest BCUT2D eigenvalue weighted by molar-refractivity contribution is -0.147. The van der Waals surface area contributed by atoms with Gasteiger partial charge >= 0.3 is 19.5 Å². The second-order valence-electron chi connectivity index (χ2n) is 16.4. The molecule has 6 amide bonds. The van der Waals surface area contributed by atoms with Crippen LogP contribution in [-0.2, 0) is 28.5 Å². The number of carbonyl (C=O) groups excluding carboxylic acids is 6. The standard InChI is InChI=1S/C44H48FN6O9PS/c1-4-22-59-41(55)27(3)48-61(58,60-31-11-6-5-7-12-31)37(45)28-14-17-35-29(23-28)24-36(62-35)38(52)47-32-13-9-8-10-30-15-16-33(49(30)39(32)53)40(54)51-43(57)50(42(56)44(51)19-20-44)34-25-46-21-18-26(34)2/h5-7,11-12,14,17-18,21,23-25,27,30,32-33,37H,4,8-10,13,15-16,19-20,22H2,1-3H3,(H,47,52)(H,48,58)/t27-,30-,32-,33-,37+,61?/m0/s1. The van der Waals surface area contributed by atoms with E-state index in [4.69, 9.17) is 9.26 Å². The molecule has 326 valence electrons. The summed E-state index contributed by atoms with van der Waals surface area (Å²) >= 11 is 1.13. The lowest BCUT2D eigenvalue weighted by Crippen LogP contribution is -2.58. The van der Waals surface area contributed by atoms with E-state index in [-0.39, 0.29) is 28.8 Å². The number of anilines is 1. The predicted octanol–water partition coefficient (Wildman–Crippen LogP) is 7.34. The number of alkyl halides is 1. The molecule has 5 heterocycles. The van der Waals surface area contributed by atoms with Crippen molar-refractivity contribution in [1.82, 2.24) is 25.2 Å². The zero-order chi connectivity index (χ0) is 43.9. The number of rotatable bonds is 13. The number of halogens is 1. The number of fused-ring (bicyclic) bond motifs is 2. The number of imide groups is 2. The Morgan fingerprint density at radius 1 is 1.02 bits per heavy atom. The van der Waals surface area contributed by atoms with Gasteiger partial charge < -0.3 is 19.5 Å². The summed E-state index contributed by atoms with van der Waals surface area (Å²) in [5.74, 6) is -4.86. The minimum atomic E-state index is -4.49. The Labute approximate surface area is 361 Å². The summed E-state index contributed by atoms with van der Waals surface area (Å²) in [6.45, 7) is 5.14. The van der Waals surface area contributed by atoms with E-state index in [1.807, 2.05) is 6.92 Å². The van der Waals surface area contributed by atoms with Crippen molar-refractivity contribution in [2.45, 2.75) is 114 Å².